The van der Waals surface area contributed by atoms with Crippen molar-refractivity contribution in [3.8, 4) is 16.9 Å². The van der Waals surface area contributed by atoms with Crippen LogP contribution < -0.4 is 5.56 Å². The Labute approximate surface area is 201 Å². The molecule has 1 aliphatic heterocycles. The third-order valence-corrected chi connectivity index (χ3v) is 7.10. The number of rotatable bonds is 4. The van der Waals surface area contributed by atoms with E-state index < -0.39 is 0 Å². The van der Waals surface area contributed by atoms with Gasteiger partial charge in [-0.3, -0.25) is 9.59 Å². The summed E-state index contributed by atoms with van der Waals surface area (Å²) in [6.45, 7) is 5.02. The quantitative estimate of drug-likeness (QED) is 0.404. The maximum absolute atomic E-state index is 13.5. The number of aromatic nitrogens is 2. The maximum Gasteiger partial charge on any atom is 0.260 e. The van der Waals surface area contributed by atoms with Crippen molar-refractivity contribution in [3.63, 3.8) is 0 Å². The molecule has 1 amide bonds. The van der Waals surface area contributed by atoms with E-state index in [1.165, 1.54) is 11.3 Å². The highest BCUT2D eigenvalue weighted by atomic mass is 32.1. The summed E-state index contributed by atoms with van der Waals surface area (Å²) >= 11 is 1.40. The van der Waals surface area contributed by atoms with Crippen molar-refractivity contribution in [1.29, 1.82) is 0 Å². The smallest absolute Gasteiger partial charge is 0.260 e. The summed E-state index contributed by atoms with van der Waals surface area (Å²) in [5.74, 6) is 0.354. The fraction of sp³-hybridized carbons (Fsp3) is 0.222. The summed E-state index contributed by atoms with van der Waals surface area (Å²) in [4.78, 5) is 36.8. The van der Waals surface area contributed by atoms with E-state index in [0.29, 0.717) is 28.9 Å². The van der Waals surface area contributed by atoms with Crippen LogP contribution in [0.5, 0.6) is 5.75 Å². The number of nitrogens with zero attached hydrogens (tertiary/aromatic N) is 2. The Bertz CT molecular complexity index is 1460. The molecule has 4 aromatic rings. The average Bonchev–Trinajstić information content (AvgIpc) is 3.51. The van der Waals surface area contributed by atoms with Gasteiger partial charge >= 0.3 is 0 Å². The van der Waals surface area contributed by atoms with Crippen LogP contribution in [-0.2, 0) is 4.79 Å². The molecule has 5 rings (SSSR count). The first-order valence-corrected chi connectivity index (χ1v) is 12.2. The molecule has 7 heteroatoms. The monoisotopic (exact) mass is 471 g/mol. The van der Waals surface area contributed by atoms with Crippen LogP contribution in [0.3, 0.4) is 0 Å². The van der Waals surface area contributed by atoms with Crippen LogP contribution in [0, 0.1) is 13.8 Å². The third-order valence-electron chi connectivity index (χ3n) is 6.23. The Morgan fingerprint density at radius 3 is 2.47 bits per heavy atom. The molecule has 0 spiro atoms. The summed E-state index contributed by atoms with van der Waals surface area (Å²) in [7, 11) is 0. The number of carbonyl (C=O) groups excluding carboxylic acids is 1. The number of aromatic amines is 1. The third kappa shape index (κ3) is 4.03. The number of hydrogen-bond acceptors (Lipinski definition) is 5. The molecule has 1 fully saturated rings. The van der Waals surface area contributed by atoms with Crippen molar-refractivity contribution in [2.75, 3.05) is 13.1 Å². The van der Waals surface area contributed by atoms with Gasteiger partial charge in [-0.25, -0.2) is 4.98 Å². The number of phenols is 1. The Morgan fingerprint density at radius 2 is 1.79 bits per heavy atom. The average molecular weight is 472 g/mol. The van der Waals surface area contributed by atoms with Crippen LogP contribution in [0.25, 0.3) is 33.0 Å². The number of carbonyl (C=O) groups is 1. The lowest BCUT2D eigenvalue weighted by molar-refractivity contribution is -0.123. The Kier molecular flexibility index (Phi) is 5.79. The fourth-order valence-electron chi connectivity index (χ4n) is 4.47. The van der Waals surface area contributed by atoms with Gasteiger partial charge in [-0.2, -0.15) is 0 Å². The summed E-state index contributed by atoms with van der Waals surface area (Å²) in [6, 6.07) is 13.4. The van der Waals surface area contributed by atoms with E-state index in [0.717, 1.165) is 40.7 Å². The lowest BCUT2D eigenvalue weighted by atomic mass is 10.0. The minimum Gasteiger partial charge on any atom is -0.507 e. The number of hydrogen-bond donors (Lipinski definition) is 2. The second-order valence-electron chi connectivity index (χ2n) is 8.67. The van der Waals surface area contributed by atoms with Crippen LogP contribution in [0.1, 0.15) is 35.4 Å². The van der Waals surface area contributed by atoms with Gasteiger partial charge in [0.2, 0.25) is 0 Å². The topological polar surface area (TPSA) is 86.3 Å². The number of aryl methyl sites for hydroxylation is 2. The molecular formula is C27H25N3O3S. The molecule has 1 aliphatic rings. The number of H-pyrrole nitrogens is 1. The predicted octanol–water partition coefficient (Wildman–Crippen LogP) is 5.14. The van der Waals surface area contributed by atoms with Gasteiger partial charge in [0.05, 0.1) is 11.0 Å². The highest BCUT2D eigenvalue weighted by Gasteiger charge is 2.25. The molecule has 3 heterocycles. The van der Waals surface area contributed by atoms with Gasteiger partial charge in [0.1, 0.15) is 16.4 Å². The standard InChI is InChI=1S/C27H25N3O3S/c1-16-12-18(13-17(2)23(16)31)14-20(27(33)30-10-6-7-11-30)24-28-25(32)22-21(15-34-26(22)29-24)19-8-4-3-5-9-19/h3-5,8-9,12-15,31H,6-7,10-11H2,1-2H3,(H,28,29,32)/b20-14+. The van der Waals surface area contributed by atoms with Gasteiger partial charge < -0.3 is 15.0 Å². The Hall–Kier alpha value is -3.71. The van der Waals surface area contributed by atoms with Gasteiger partial charge in [-0.15, -0.1) is 11.3 Å². The van der Waals surface area contributed by atoms with E-state index in [9.17, 15) is 14.7 Å². The maximum atomic E-state index is 13.5. The number of likely N-dealkylation sites (tertiary alicyclic amines) is 1. The van der Waals surface area contributed by atoms with Crippen LogP contribution in [0.2, 0.25) is 0 Å². The number of thiophene rings is 1. The summed E-state index contributed by atoms with van der Waals surface area (Å²) in [5.41, 5.74) is 4.09. The summed E-state index contributed by atoms with van der Waals surface area (Å²) in [6.07, 6.45) is 3.69. The molecule has 2 aromatic heterocycles. The van der Waals surface area contributed by atoms with Gasteiger partial charge in [-0.1, -0.05) is 30.3 Å². The first-order valence-electron chi connectivity index (χ1n) is 11.3. The largest absolute Gasteiger partial charge is 0.507 e. The van der Waals surface area contributed by atoms with Crippen LogP contribution in [0.15, 0.2) is 52.6 Å². The number of aromatic hydroxyl groups is 1. The molecule has 2 N–H and O–H groups in total. The number of fused-ring (bicyclic) bond motifs is 1. The zero-order valence-corrected chi connectivity index (χ0v) is 19.9. The first-order chi connectivity index (χ1) is 16.4. The van der Waals surface area contributed by atoms with E-state index in [-0.39, 0.29) is 23.0 Å². The molecule has 0 aliphatic carbocycles. The van der Waals surface area contributed by atoms with E-state index in [1.807, 2.05) is 61.7 Å². The van der Waals surface area contributed by atoms with Crippen LogP contribution >= 0.6 is 11.3 Å². The highest BCUT2D eigenvalue weighted by molar-refractivity contribution is 7.17. The number of nitrogens with one attached hydrogen (secondary N) is 1. The number of amides is 1. The van der Waals surface area contributed by atoms with Crippen molar-refractivity contribution in [2.24, 2.45) is 0 Å². The van der Waals surface area contributed by atoms with Gasteiger partial charge in [0.15, 0.2) is 0 Å². The molecule has 0 saturated carbocycles. The number of phenolic OH excluding ortho intramolecular Hbond substituents is 1. The fourth-order valence-corrected chi connectivity index (χ4v) is 5.42. The zero-order valence-electron chi connectivity index (χ0n) is 19.1. The van der Waals surface area contributed by atoms with Crippen molar-refractivity contribution >= 4 is 39.1 Å². The van der Waals surface area contributed by atoms with Crippen LogP contribution in [-0.4, -0.2) is 39.0 Å². The van der Waals surface area contributed by atoms with E-state index >= 15 is 0 Å². The van der Waals surface area contributed by atoms with E-state index in [2.05, 4.69) is 4.98 Å². The normalized spacial score (nSPS) is 14.2. The molecule has 2 aromatic carbocycles. The lowest BCUT2D eigenvalue weighted by Crippen LogP contribution is -2.29. The predicted molar refractivity (Wildman–Crippen MR) is 137 cm³/mol. The number of benzene rings is 2. The molecule has 0 unspecified atom stereocenters. The highest BCUT2D eigenvalue weighted by Crippen LogP contribution is 2.32. The molecule has 34 heavy (non-hydrogen) atoms. The Balaban J connectivity index is 1.66. The van der Waals surface area contributed by atoms with Crippen molar-refractivity contribution < 1.29 is 9.90 Å². The minimum atomic E-state index is -0.265. The van der Waals surface area contributed by atoms with E-state index in [1.54, 1.807) is 11.0 Å². The van der Waals surface area contributed by atoms with Gasteiger partial charge in [-0.05, 0) is 67.2 Å². The van der Waals surface area contributed by atoms with E-state index in [4.69, 9.17) is 4.98 Å². The molecule has 0 atom stereocenters. The van der Waals surface area contributed by atoms with Crippen molar-refractivity contribution in [1.82, 2.24) is 14.9 Å². The second-order valence-corrected chi connectivity index (χ2v) is 9.53. The zero-order chi connectivity index (χ0) is 23.8. The minimum absolute atomic E-state index is 0.150. The summed E-state index contributed by atoms with van der Waals surface area (Å²) in [5, 5.41) is 12.6. The SMILES string of the molecule is Cc1cc(/C=C(/C(=O)N2CCCC2)c2nc3scc(-c4ccccc4)c3c(=O)[nH]2)cc(C)c1O. The molecule has 0 radical (unpaired) electrons. The molecule has 0 bridgehead atoms. The van der Waals surface area contributed by atoms with Crippen molar-refractivity contribution in [3.05, 3.63) is 80.7 Å². The van der Waals surface area contributed by atoms with Crippen LogP contribution in [0.4, 0.5) is 0 Å². The van der Waals surface area contributed by atoms with Gasteiger partial charge in [0.25, 0.3) is 11.5 Å². The Morgan fingerprint density at radius 1 is 1.12 bits per heavy atom. The molecule has 6 nitrogen and oxygen atoms in total. The lowest BCUT2D eigenvalue weighted by Gasteiger charge is -2.17. The molecular weight excluding hydrogens is 446 g/mol. The molecule has 172 valence electrons. The van der Waals surface area contributed by atoms with Gasteiger partial charge in [0, 0.05) is 24.0 Å². The first kappa shape index (κ1) is 22.1. The second kappa shape index (κ2) is 8.91. The summed E-state index contributed by atoms with van der Waals surface area (Å²) < 4.78 is 0. The molecule has 1 saturated heterocycles. The van der Waals surface area contributed by atoms with Crippen molar-refractivity contribution in [2.45, 2.75) is 26.7 Å².